The molecule has 2 aromatic carbocycles. The van der Waals surface area contributed by atoms with E-state index in [2.05, 4.69) is 86.5 Å². The fraction of sp³-hybridized carbons (Fsp3) is 0.458. The van der Waals surface area contributed by atoms with Crippen molar-refractivity contribution in [2.24, 2.45) is 5.41 Å². The molecule has 1 atom stereocenters. The van der Waals surface area contributed by atoms with Gasteiger partial charge in [-0.2, -0.15) is 0 Å². The predicted molar refractivity (Wildman–Crippen MR) is 113 cm³/mol. The molecule has 0 aliphatic carbocycles. The lowest BCUT2D eigenvalue weighted by Gasteiger charge is -2.40. The molecule has 0 amide bonds. The zero-order valence-corrected chi connectivity index (χ0v) is 17.3. The molecule has 0 radical (unpaired) electrons. The van der Waals surface area contributed by atoms with Gasteiger partial charge in [0.25, 0.3) is 0 Å². The summed E-state index contributed by atoms with van der Waals surface area (Å²) in [6.07, 6.45) is 6.17. The minimum Gasteiger partial charge on any atom is -0.363 e. The Kier molecular flexibility index (Phi) is 3.22. The lowest BCUT2D eigenvalue weighted by atomic mass is 9.82. The Hall–Kier alpha value is -2.29. The Morgan fingerprint density at radius 1 is 1.04 bits per heavy atom. The maximum atomic E-state index is 4.64. The van der Waals surface area contributed by atoms with Crippen molar-refractivity contribution in [3.63, 3.8) is 0 Å². The molecule has 1 aromatic heterocycles. The molecule has 5 rings (SSSR count). The number of fused-ring (bicyclic) bond motifs is 5. The van der Waals surface area contributed by atoms with Gasteiger partial charge in [-0.3, -0.25) is 0 Å². The molecule has 3 heteroatoms. The van der Waals surface area contributed by atoms with Gasteiger partial charge in [-0.1, -0.05) is 38.1 Å². The first-order chi connectivity index (χ1) is 12.7. The van der Waals surface area contributed by atoms with Gasteiger partial charge >= 0.3 is 0 Å². The molecule has 3 nitrogen and oxygen atoms in total. The van der Waals surface area contributed by atoms with E-state index in [1.54, 1.807) is 0 Å². The fourth-order valence-corrected chi connectivity index (χ4v) is 5.96. The van der Waals surface area contributed by atoms with Crippen molar-refractivity contribution in [2.75, 3.05) is 4.90 Å². The van der Waals surface area contributed by atoms with E-state index in [1.165, 1.54) is 39.7 Å². The highest BCUT2D eigenvalue weighted by atomic mass is 15.3. The van der Waals surface area contributed by atoms with E-state index >= 15 is 0 Å². The van der Waals surface area contributed by atoms with Crippen LogP contribution in [0.15, 0.2) is 36.7 Å². The van der Waals surface area contributed by atoms with Crippen molar-refractivity contribution in [1.29, 1.82) is 0 Å². The van der Waals surface area contributed by atoms with Gasteiger partial charge in [0.05, 0.1) is 5.69 Å². The zero-order valence-electron chi connectivity index (χ0n) is 17.3. The van der Waals surface area contributed by atoms with E-state index < -0.39 is 0 Å². The van der Waals surface area contributed by atoms with Crippen LogP contribution in [0.3, 0.4) is 0 Å². The molecule has 27 heavy (non-hydrogen) atoms. The van der Waals surface area contributed by atoms with Crippen LogP contribution in [0.1, 0.15) is 58.0 Å². The highest BCUT2D eigenvalue weighted by Crippen LogP contribution is 2.53. The molecule has 0 N–H and O–H groups in total. The second-order valence-electron chi connectivity index (χ2n) is 9.76. The molecular formula is C24H29N3. The molecule has 2 aliphatic rings. The predicted octanol–water partition coefficient (Wildman–Crippen LogP) is 5.64. The number of aryl methyl sites for hydroxylation is 1. The number of aromatic nitrogens is 2. The summed E-state index contributed by atoms with van der Waals surface area (Å²) in [5.41, 5.74) is 6.07. The van der Waals surface area contributed by atoms with E-state index in [4.69, 9.17) is 0 Å². The van der Waals surface area contributed by atoms with Gasteiger partial charge in [0, 0.05) is 47.0 Å². The average molecular weight is 360 g/mol. The second-order valence-corrected chi connectivity index (χ2v) is 9.76. The normalized spacial score (nSPS) is 22.3. The summed E-state index contributed by atoms with van der Waals surface area (Å²) in [6, 6.07) is 9.36. The van der Waals surface area contributed by atoms with Crippen LogP contribution in [-0.2, 0) is 6.42 Å². The zero-order chi connectivity index (χ0) is 19.1. The quantitative estimate of drug-likeness (QED) is 0.438. The van der Waals surface area contributed by atoms with Gasteiger partial charge in [0.15, 0.2) is 0 Å². The number of anilines is 1. The Morgan fingerprint density at radius 3 is 2.41 bits per heavy atom. The van der Waals surface area contributed by atoms with Crippen LogP contribution < -0.4 is 4.90 Å². The van der Waals surface area contributed by atoms with Crippen molar-refractivity contribution < 1.29 is 0 Å². The molecular weight excluding hydrogens is 330 g/mol. The molecule has 1 fully saturated rings. The smallest absolute Gasteiger partial charge is 0.117 e. The summed E-state index contributed by atoms with van der Waals surface area (Å²) in [6.45, 7) is 14.4. The Morgan fingerprint density at radius 2 is 1.74 bits per heavy atom. The van der Waals surface area contributed by atoms with Gasteiger partial charge in [0.2, 0.25) is 0 Å². The number of nitrogens with zero attached hydrogens (tertiary/aromatic N) is 3. The summed E-state index contributed by atoms with van der Waals surface area (Å²) < 4.78 is 2.31. The fourth-order valence-electron chi connectivity index (χ4n) is 5.96. The molecule has 1 saturated heterocycles. The molecule has 0 spiro atoms. The molecule has 0 saturated carbocycles. The highest BCUT2D eigenvalue weighted by molar-refractivity contribution is 6.00. The van der Waals surface area contributed by atoms with Crippen LogP contribution in [0.5, 0.6) is 0 Å². The third-order valence-corrected chi connectivity index (χ3v) is 7.11. The van der Waals surface area contributed by atoms with Crippen molar-refractivity contribution in [3.05, 3.63) is 53.6 Å². The highest BCUT2D eigenvalue weighted by Gasteiger charge is 2.50. The van der Waals surface area contributed by atoms with Crippen molar-refractivity contribution in [1.82, 2.24) is 9.55 Å². The topological polar surface area (TPSA) is 21.1 Å². The van der Waals surface area contributed by atoms with Gasteiger partial charge < -0.3 is 9.47 Å². The van der Waals surface area contributed by atoms with Gasteiger partial charge in [-0.15, -0.1) is 0 Å². The molecule has 2 aliphatic heterocycles. The average Bonchev–Trinajstić information content (AvgIpc) is 3.21. The molecule has 3 aromatic rings. The molecule has 140 valence electrons. The maximum Gasteiger partial charge on any atom is 0.117 e. The monoisotopic (exact) mass is 359 g/mol. The molecule has 0 bridgehead atoms. The first kappa shape index (κ1) is 16.9. The number of rotatable bonds is 1. The number of hydrogen-bond acceptors (Lipinski definition) is 2. The summed E-state index contributed by atoms with van der Waals surface area (Å²) in [5, 5.41) is 2.70. The van der Waals surface area contributed by atoms with Gasteiger partial charge in [-0.25, -0.2) is 4.98 Å². The second kappa shape index (κ2) is 5.15. The Bertz CT molecular complexity index is 1070. The van der Waals surface area contributed by atoms with E-state index in [1.807, 2.05) is 6.20 Å². The largest absolute Gasteiger partial charge is 0.363 e. The first-order valence-electron chi connectivity index (χ1n) is 10.1. The van der Waals surface area contributed by atoms with Crippen molar-refractivity contribution in [3.8, 4) is 5.69 Å². The van der Waals surface area contributed by atoms with E-state index in [9.17, 15) is 0 Å². The SMILES string of the molecule is Cc1c(N2C(C)C(C)(C)CC2(C)C)c2c(c3ccccc13)-n1ccnc1C2. The first-order valence-corrected chi connectivity index (χ1v) is 10.1. The Balaban J connectivity index is 1.87. The standard InChI is InChI=1S/C24H29N3/c1-15-17-9-7-8-10-18(17)22-19(13-20-25-11-12-26(20)22)21(15)27-16(2)23(3,4)14-24(27,5)6/h7-12,16H,13-14H2,1-6H3. The summed E-state index contributed by atoms with van der Waals surface area (Å²) in [7, 11) is 0. The maximum absolute atomic E-state index is 4.64. The van der Waals surface area contributed by atoms with Crippen LogP contribution in [-0.4, -0.2) is 21.1 Å². The van der Waals surface area contributed by atoms with Crippen LogP contribution in [0, 0.1) is 12.3 Å². The van der Waals surface area contributed by atoms with Crippen molar-refractivity contribution in [2.45, 2.75) is 66.0 Å². The third-order valence-electron chi connectivity index (χ3n) is 7.11. The van der Waals surface area contributed by atoms with Crippen LogP contribution in [0.2, 0.25) is 0 Å². The number of hydrogen-bond donors (Lipinski definition) is 0. The minimum atomic E-state index is 0.134. The van der Waals surface area contributed by atoms with E-state index in [0.717, 1.165) is 12.2 Å². The third kappa shape index (κ3) is 2.11. The lowest BCUT2D eigenvalue weighted by Crippen LogP contribution is -2.44. The summed E-state index contributed by atoms with van der Waals surface area (Å²) in [5.74, 6) is 1.16. The van der Waals surface area contributed by atoms with Gasteiger partial charge in [-0.05, 0) is 50.5 Å². The molecule has 3 heterocycles. The van der Waals surface area contributed by atoms with Crippen LogP contribution in [0.4, 0.5) is 5.69 Å². The van der Waals surface area contributed by atoms with Crippen molar-refractivity contribution >= 4 is 16.5 Å². The minimum absolute atomic E-state index is 0.134. The molecule has 1 unspecified atom stereocenters. The number of imidazole rings is 1. The summed E-state index contributed by atoms with van der Waals surface area (Å²) >= 11 is 0. The van der Waals surface area contributed by atoms with E-state index in [-0.39, 0.29) is 5.54 Å². The number of benzene rings is 2. The van der Waals surface area contributed by atoms with Gasteiger partial charge in [0.1, 0.15) is 5.82 Å². The van der Waals surface area contributed by atoms with Crippen LogP contribution >= 0.6 is 0 Å². The van der Waals surface area contributed by atoms with E-state index in [0.29, 0.717) is 11.5 Å². The Labute approximate surface area is 162 Å². The lowest BCUT2D eigenvalue weighted by molar-refractivity contribution is 0.329. The van der Waals surface area contributed by atoms with Crippen LogP contribution in [0.25, 0.3) is 16.5 Å². The summed E-state index contributed by atoms with van der Waals surface area (Å²) in [4.78, 5) is 7.37.